The first-order valence-corrected chi connectivity index (χ1v) is 4.60. The van der Waals surface area contributed by atoms with Crippen LogP contribution >= 0.6 is 0 Å². The molecule has 0 radical (unpaired) electrons. The molecule has 0 atom stereocenters. The molecule has 1 rings (SSSR count). The molecule has 5 nitrogen and oxygen atoms in total. The van der Waals surface area contributed by atoms with E-state index in [0.29, 0.717) is 12.3 Å². The van der Waals surface area contributed by atoms with E-state index in [4.69, 9.17) is 4.74 Å². The number of hydrogen-bond donors (Lipinski definition) is 1. The van der Waals surface area contributed by atoms with E-state index in [1.807, 2.05) is 6.92 Å². The largest absolute Gasteiger partial charge is 0.480 e. The standard InChI is InChI=1S/C9H15N3O2/c1-3-4-10-9(13)7-14-8-5-11-12(2)6-8/h5-6H,3-4,7H2,1-2H3,(H,10,13). The van der Waals surface area contributed by atoms with E-state index >= 15 is 0 Å². The SMILES string of the molecule is CCCNC(=O)COc1cnn(C)c1. The van der Waals surface area contributed by atoms with Gasteiger partial charge in [-0.05, 0) is 6.42 Å². The van der Waals surface area contributed by atoms with Crippen LogP contribution in [0.3, 0.4) is 0 Å². The number of amides is 1. The van der Waals surface area contributed by atoms with Crippen LogP contribution in [0.25, 0.3) is 0 Å². The Kier molecular flexibility index (Phi) is 3.97. The predicted octanol–water partition coefficient (Wildman–Crippen LogP) is 0.325. The minimum Gasteiger partial charge on any atom is -0.480 e. The number of nitrogens with one attached hydrogen (secondary N) is 1. The third-order valence-corrected chi connectivity index (χ3v) is 1.62. The lowest BCUT2D eigenvalue weighted by Gasteiger charge is -2.03. The maximum absolute atomic E-state index is 11.1. The normalized spacial score (nSPS) is 9.86. The molecule has 0 aliphatic heterocycles. The van der Waals surface area contributed by atoms with E-state index in [1.165, 1.54) is 0 Å². The Balaban J connectivity index is 2.23. The van der Waals surface area contributed by atoms with Gasteiger partial charge in [0.25, 0.3) is 5.91 Å². The number of rotatable bonds is 5. The monoisotopic (exact) mass is 197 g/mol. The third-order valence-electron chi connectivity index (χ3n) is 1.62. The highest BCUT2D eigenvalue weighted by molar-refractivity contribution is 5.77. The minimum absolute atomic E-state index is 0.0473. The molecule has 0 fully saturated rings. The molecule has 0 spiro atoms. The molecule has 0 saturated carbocycles. The summed E-state index contributed by atoms with van der Waals surface area (Å²) in [5, 5.41) is 6.63. The van der Waals surface area contributed by atoms with Gasteiger partial charge in [-0.3, -0.25) is 9.48 Å². The molecule has 14 heavy (non-hydrogen) atoms. The molecule has 1 N–H and O–H groups in total. The van der Waals surface area contributed by atoms with Crippen molar-refractivity contribution in [3.05, 3.63) is 12.4 Å². The van der Waals surface area contributed by atoms with Crippen LogP contribution in [-0.4, -0.2) is 28.8 Å². The zero-order valence-electron chi connectivity index (χ0n) is 8.49. The predicted molar refractivity (Wildman–Crippen MR) is 52.0 cm³/mol. The van der Waals surface area contributed by atoms with Crippen molar-refractivity contribution < 1.29 is 9.53 Å². The van der Waals surface area contributed by atoms with Gasteiger partial charge in [-0.1, -0.05) is 6.92 Å². The Morgan fingerprint density at radius 2 is 2.50 bits per heavy atom. The molecule has 1 amide bonds. The highest BCUT2D eigenvalue weighted by Gasteiger charge is 2.02. The highest BCUT2D eigenvalue weighted by atomic mass is 16.5. The molecular formula is C9H15N3O2. The van der Waals surface area contributed by atoms with Crippen molar-refractivity contribution in [3.63, 3.8) is 0 Å². The topological polar surface area (TPSA) is 56.1 Å². The first kappa shape index (κ1) is 10.6. The first-order chi connectivity index (χ1) is 6.72. The summed E-state index contributed by atoms with van der Waals surface area (Å²) in [7, 11) is 1.80. The van der Waals surface area contributed by atoms with Crippen molar-refractivity contribution in [1.82, 2.24) is 15.1 Å². The second-order valence-electron chi connectivity index (χ2n) is 2.99. The lowest BCUT2D eigenvalue weighted by atomic mass is 10.5. The Morgan fingerprint density at radius 1 is 1.71 bits per heavy atom. The van der Waals surface area contributed by atoms with Crippen LogP contribution < -0.4 is 10.1 Å². The number of ether oxygens (including phenoxy) is 1. The van der Waals surface area contributed by atoms with Gasteiger partial charge in [0.1, 0.15) is 0 Å². The van der Waals surface area contributed by atoms with Crippen molar-refractivity contribution in [2.24, 2.45) is 7.05 Å². The first-order valence-electron chi connectivity index (χ1n) is 4.60. The Bertz CT molecular complexity index is 296. The van der Waals surface area contributed by atoms with Crippen LogP contribution in [0.2, 0.25) is 0 Å². The number of aromatic nitrogens is 2. The molecular weight excluding hydrogens is 182 g/mol. The zero-order valence-corrected chi connectivity index (χ0v) is 8.49. The molecule has 0 saturated heterocycles. The van der Waals surface area contributed by atoms with Crippen LogP contribution in [0, 0.1) is 0 Å². The second kappa shape index (κ2) is 5.26. The highest BCUT2D eigenvalue weighted by Crippen LogP contribution is 2.05. The minimum atomic E-state index is -0.101. The molecule has 0 aromatic carbocycles. The van der Waals surface area contributed by atoms with E-state index in [2.05, 4.69) is 10.4 Å². The van der Waals surface area contributed by atoms with Crippen LogP contribution in [-0.2, 0) is 11.8 Å². The van der Waals surface area contributed by atoms with E-state index in [1.54, 1.807) is 24.1 Å². The second-order valence-corrected chi connectivity index (χ2v) is 2.99. The van der Waals surface area contributed by atoms with Gasteiger partial charge in [0.05, 0.1) is 12.4 Å². The molecule has 5 heteroatoms. The molecule has 0 bridgehead atoms. The molecule has 78 valence electrons. The van der Waals surface area contributed by atoms with Gasteiger partial charge >= 0.3 is 0 Å². The van der Waals surface area contributed by atoms with Gasteiger partial charge in [0.15, 0.2) is 12.4 Å². The van der Waals surface area contributed by atoms with E-state index < -0.39 is 0 Å². The smallest absolute Gasteiger partial charge is 0.257 e. The van der Waals surface area contributed by atoms with Gasteiger partial charge < -0.3 is 10.1 Å². The fourth-order valence-corrected chi connectivity index (χ4v) is 0.938. The fourth-order valence-electron chi connectivity index (χ4n) is 0.938. The van der Waals surface area contributed by atoms with Gasteiger partial charge in [-0.2, -0.15) is 5.10 Å². The van der Waals surface area contributed by atoms with E-state index in [-0.39, 0.29) is 12.5 Å². The average molecular weight is 197 g/mol. The molecule has 1 aromatic rings. The summed E-state index contributed by atoms with van der Waals surface area (Å²) in [4.78, 5) is 11.1. The van der Waals surface area contributed by atoms with Gasteiger partial charge in [-0.25, -0.2) is 0 Å². The maximum atomic E-state index is 11.1. The molecule has 1 heterocycles. The van der Waals surface area contributed by atoms with E-state index in [9.17, 15) is 4.79 Å². The van der Waals surface area contributed by atoms with Crippen molar-refractivity contribution in [3.8, 4) is 5.75 Å². The summed E-state index contributed by atoms with van der Waals surface area (Å²) in [6.07, 6.45) is 4.22. The van der Waals surface area contributed by atoms with Crippen LogP contribution in [0.5, 0.6) is 5.75 Å². The van der Waals surface area contributed by atoms with Crippen molar-refractivity contribution in [1.29, 1.82) is 0 Å². The third kappa shape index (κ3) is 3.47. The zero-order chi connectivity index (χ0) is 10.4. The summed E-state index contributed by atoms with van der Waals surface area (Å²) >= 11 is 0. The number of hydrogen-bond acceptors (Lipinski definition) is 3. The summed E-state index contributed by atoms with van der Waals surface area (Å²) < 4.78 is 6.81. The number of nitrogens with zero attached hydrogens (tertiary/aromatic N) is 2. The number of carbonyl (C=O) groups is 1. The summed E-state index contributed by atoms with van der Waals surface area (Å²) in [5.74, 6) is 0.509. The molecule has 0 aliphatic carbocycles. The van der Waals surface area contributed by atoms with Crippen molar-refractivity contribution in [2.75, 3.05) is 13.2 Å². The molecule has 1 aromatic heterocycles. The lowest BCUT2D eigenvalue weighted by molar-refractivity contribution is -0.123. The Labute approximate surface area is 83.1 Å². The van der Waals surface area contributed by atoms with Crippen LogP contribution in [0.4, 0.5) is 0 Å². The van der Waals surface area contributed by atoms with Crippen molar-refractivity contribution >= 4 is 5.91 Å². The van der Waals surface area contributed by atoms with Crippen LogP contribution in [0.15, 0.2) is 12.4 Å². The summed E-state index contributed by atoms with van der Waals surface area (Å²) in [6.45, 7) is 2.74. The summed E-state index contributed by atoms with van der Waals surface area (Å²) in [5.41, 5.74) is 0. The van der Waals surface area contributed by atoms with Gasteiger partial charge in [-0.15, -0.1) is 0 Å². The molecule has 0 aliphatic rings. The maximum Gasteiger partial charge on any atom is 0.257 e. The quantitative estimate of drug-likeness (QED) is 0.739. The average Bonchev–Trinajstić information content (AvgIpc) is 2.58. The fraction of sp³-hybridized carbons (Fsp3) is 0.556. The number of aryl methyl sites for hydroxylation is 1. The Hall–Kier alpha value is -1.52. The van der Waals surface area contributed by atoms with Crippen molar-refractivity contribution in [2.45, 2.75) is 13.3 Å². The Morgan fingerprint density at radius 3 is 3.07 bits per heavy atom. The van der Waals surface area contributed by atoms with Crippen LogP contribution in [0.1, 0.15) is 13.3 Å². The lowest BCUT2D eigenvalue weighted by Crippen LogP contribution is -2.29. The molecule has 0 unspecified atom stereocenters. The number of carbonyl (C=O) groups excluding carboxylic acids is 1. The van der Waals surface area contributed by atoms with Gasteiger partial charge in [0.2, 0.25) is 0 Å². The summed E-state index contributed by atoms with van der Waals surface area (Å²) in [6, 6.07) is 0. The van der Waals surface area contributed by atoms with Gasteiger partial charge in [0, 0.05) is 13.6 Å². The van der Waals surface area contributed by atoms with E-state index in [0.717, 1.165) is 6.42 Å².